The van der Waals surface area contributed by atoms with Gasteiger partial charge in [-0.3, -0.25) is 9.69 Å². The summed E-state index contributed by atoms with van der Waals surface area (Å²) in [5.41, 5.74) is 3.09. The van der Waals surface area contributed by atoms with Crippen LogP contribution in [0.25, 0.3) is 0 Å². The number of benzene rings is 1. The maximum atomic E-state index is 12.4. The third kappa shape index (κ3) is 3.63. The summed E-state index contributed by atoms with van der Waals surface area (Å²) >= 11 is 0. The molecule has 1 aromatic carbocycles. The minimum atomic E-state index is 0.0843. The number of ether oxygens (including phenoxy) is 1. The maximum Gasteiger partial charge on any atom is 0.251 e. The molecule has 2 aliphatic rings. The van der Waals surface area contributed by atoms with Gasteiger partial charge < -0.3 is 10.1 Å². The van der Waals surface area contributed by atoms with Gasteiger partial charge in [-0.1, -0.05) is 12.1 Å². The number of morpholine rings is 1. The Morgan fingerprint density at radius 1 is 1.33 bits per heavy atom. The van der Waals surface area contributed by atoms with Crippen LogP contribution < -0.4 is 5.32 Å². The van der Waals surface area contributed by atoms with E-state index in [1.54, 1.807) is 0 Å². The summed E-state index contributed by atoms with van der Waals surface area (Å²) in [7, 11) is 0. The van der Waals surface area contributed by atoms with Gasteiger partial charge in [-0.15, -0.1) is 0 Å². The van der Waals surface area contributed by atoms with E-state index in [0.29, 0.717) is 6.04 Å². The van der Waals surface area contributed by atoms with Crippen LogP contribution in [0.2, 0.25) is 0 Å². The molecule has 3 rings (SSSR count). The van der Waals surface area contributed by atoms with Crippen LogP contribution >= 0.6 is 0 Å². The zero-order chi connectivity index (χ0) is 14.7. The predicted octanol–water partition coefficient (Wildman–Crippen LogP) is 2.11. The Morgan fingerprint density at radius 3 is 2.76 bits per heavy atom. The molecule has 4 heteroatoms. The molecule has 1 heterocycles. The van der Waals surface area contributed by atoms with Crippen LogP contribution in [-0.4, -0.2) is 43.2 Å². The first-order chi connectivity index (χ1) is 10.2. The van der Waals surface area contributed by atoms with Gasteiger partial charge in [0.15, 0.2) is 0 Å². The number of nitrogens with zero attached hydrogens (tertiary/aromatic N) is 1. The zero-order valence-corrected chi connectivity index (χ0v) is 12.7. The van der Waals surface area contributed by atoms with Gasteiger partial charge in [-0.25, -0.2) is 0 Å². The summed E-state index contributed by atoms with van der Waals surface area (Å²) in [5.74, 6) is 0.0843. The molecule has 1 aromatic rings. The van der Waals surface area contributed by atoms with Crippen LogP contribution in [0.5, 0.6) is 0 Å². The largest absolute Gasteiger partial charge is 0.379 e. The van der Waals surface area contributed by atoms with Crippen LogP contribution in [0.15, 0.2) is 18.2 Å². The van der Waals surface area contributed by atoms with E-state index in [-0.39, 0.29) is 5.91 Å². The van der Waals surface area contributed by atoms with Gasteiger partial charge in [-0.05, 0) is 43.4 Å². The van der Waals surface area contributed by atoms with Crippen LogP contribution in [-0.2, 0) is 11.3 Å². The average molecular weight is 288 g/mol. The maximum absolute atomic E-state index is 12.4. The lowest BCUT2D eigenvalue weighted by atomic mass is 9.92. The molecule has 0 unspecified atom stereocenters. The molecule has 1 amide bonds. The number of carbonyl (C=O) groups is 1. The summed E-state index contributed by atoms with van der Waals surface area (Å²) in [6.07, 6.45) is 3.48. The fourth-order valence-electron chi connectivity index (χ4n) is 2.85. The van der Waals surface area contributed by atoms with Crippen LogP contribution in [0.4, 0.5) is 0 Å². The predicted molar refractivity (Wildman–Crippen MR) is 82.4 cm³/mol. The standard InChI is InChI=1S/C17H24N2O2/c1-13-5-6-14(12-19-7-9-21-10-8-19)11-16(13)17(20)18-15-3-2-4-15/h5-6,11,15H,2-4,7-10,12H2,1H3,(H,18,20). The van der Waals surface area contributed by atoms with Gasteiger partial charge in [0.25, 0.3) is 5.91 Å². The van der Waals surface area contributed by atoms with Crippen molar-refractivity contribution in [2.45, 2.75) is 38.8 Å². The molecular formula is C17H24N2O2. The summed E-state index contributed by atoms with van der Waals surface area (Å²) in [6, 6.07) is 6.63. The van der Waals surface area contributed by atoms with Crippen molar-refractivity contribution in [2.24, 2.45) is 0 Å². The highest BCUT2D eigenvalue weighted by Gasteiger charge is 2.21. The van der Waals surface area contributed by atoms with Crippen molar-refractivity contribution >= 4 is 5.91 Å². The minimum Gasteiger partial charge on any atom is -0.379 e. The molecule has 0 radical (unpaired) electrons. The lowest BCUT2D eigenvalue weighted by Gasteiger charge is -2.28. The zero-order valence-electron chi connectivity index (χ0n) is 12.7. The molecule has 0 spiro atoms. The highest BCUT2D eigenvalue weighted by atomic mass is 16.5. The van der Waals surface area contributed by atoms with Gasteiger partial charge in [0.1, 0.15) is 0 Å². The van der Waals surface area contributed by atoms with E-state index in [0.717, 1.165) is 56.8 Å². The molecular weight excluding hydrogens is 264 g/mol. The Kier molecular flexibility index (Phi) is 4.56. The van der Waals surface area contributed by atoms with E-state index in [1.807, 2.05) is 6.92 Å². The summed E-state index contributed by atoms with van der Waals surface area (Å²) in [4.78, 5) is 14.7. The molecule has 0 aromatic heterocycles. The van der Waals surface area contributed by atoms with Gasteiger partial charge in [0, 0.05) is 31.2 Å². The quantitative estimate of drug-likeness (QED) is 0.922. The Balaban J connectivity index is 1.67. The van der Waals surface area contributed by atoms with Crippen molar-refractivity contribution in [3.63, 3.8) is 0 Å². The van der Waals surface area contributed by atoms with Crippen molar-refractivity contribution in [2.75, 3.05) is 26.3 Å². The number of nitrogens with one attached hydrogen (secondary N) is 1. The summed E-state index contributed by atoms with van der Waals surface area (Å²) in [5, 5.41) is 3.13. The Hall–Kier alpha value is -1.39. The first-order valence-corrected chi connectivity index (χ1v) is 7.93. The minimum absolute atomic E-state index is 0.0843. The van der Waals surface area contributed by atoms with E-state index >= 15 is 0 Å². The molecule has 1 aliphatic heterocycles. The van der Waals surface area contributed by atoms with Crippen molar-refractivity contribution in [1.29, 1.82) is 0 Å². The Labute approximate surface area is 126 Å². The van der Waals surface area contributed by atoms with Gasteiger partial charge >= 0.3 is 0 Å². The van der Waals surface area contributed by atoms with Crippen molar-refractivity contribution in [3.8, 4) is 0 Å². The monoisotopic (exact) mass is 288 g/mol. The van der Waals surface area contributed by atoms with E-state index in [2.05, 4.69) is 28.4 Å². The molecule has 1 saturated heterocycles. The Bertz CT molecular complexity index is 506. The average Bonchev–Trinajstić information content (AvgIpc) is 2.46. The highest BCUT2D eigenvalue weighted by Crippen LogP contribution is 2.20. The Morgan fingerprint density at radius 2 is 2.10 bits per heavy atom. The molecule has 114 valence electrons. The van der Waals surface area contributed by atoms with E-state index in [4.69, 9.17) is 4.74 Å². The summed E-state index contributed by atoms with van der Waals surface area (Å²) in [6.45, 7) is 6.46. The van der Waals surface area contributed by atoms with Crippen LogP contribution in [0.3, 0.4) is 0 Å². The molecule has 4 nitrogen and oxygen atoms in total. The molecule has 1 aliphatic carbocycles. The number of carbonyl (C=O) groups excluding carboxylic acids is 1. The second kappa shape index (κ2) is 6.58. The topological polar surface area (TPSA) is 41.6 Å². The van der Waals surface area contributed by atoms with E-state index in [1.165, 1.54) is 12.0 Å². The van der Waals surface area contributed by atoms with E-state index < -0.39 is 0 Å². The van der Waals surface area contributed by atoms with Crippen LogP contribution in [0, 0.1) is 6.92 Å². The number of aryl methyl sites for hydroxylation is 1. The molecule has 0 atom stereocenters. The van der Waals surface area contributed by atoms with Crippen LogP contribution in [0.1, 0.15) is 40.7 Å². The lowest BCUT2D eigenvalue weighted by molar-refractivity contribution is 0.0341. The normalized spacial score (nSPS) is 20.0. The molecule has 2 fully saturated rings. The number of hydrogen-bond donors (Lipinski definition) is 1. The molecule has 1 N–H and O–H groups in total. The fourth-order valence-corrected chi connectivity index (χ4v) is 2.85. The number of amides is 1. The third-order valence-electron chi connectivity index (χ3n) is 4.50. The first-order valence-electron chi connectivity index (χ1n) is 7.93. The van der Waals surface area contributed by atoms with Crippen molar-refractivity contribution in [3.05, 3.63) is 34.9 Å². The van der Waals surface area contributed by atoms with Gasteiger partial charge in [0.05, 0.1) is 13.2 Å². The highest BCUT2D eigenvalue weighted by molar-refractivity contribution is 5.96. The smallest absolute Gasteiger partial charge is 0.251 e. The second-order valence-electron chi connectivity index (χ2n) is 6.14. The third-order valence-corrected chi connectivity index (χ3v) is 4.50. The number of rotatable bonds is 4. The summed E-state index contributed by atoms with van der Waals surface area (Å²) < 4.78 is 5.38. The first kappa shape index (κ1) is 14.5. The second-order valence-corrected chi connectivity index (χ2v) is 6.14. The number of hydrogen-bond acceptors (Lipinski definition) is 3. The lowest BCUT2D eigenvalue weighted by Crippen LogP contribution is -2.39. The molecule has 21 heavy (non-hydrogen) atoms. The van der Waals surface area contributed by atoms with E-state index in [9.17, 15) is 4.79 Å². The molecule has 1 saturated carbocycles. The molecule has 0 bridgehead atoms. The van der Waals surface area contributed by atoms with Crippen molar-refractivity contribution < 1.29 is 9.53 Å². The van der Waals surface area contributed by atoms with Gasteiger partial charge in [0.2, 0.25) is 0 Å². The van der Waals surface area contributed by atoms with Crippen molar-refractivity contribution in [1.82, 2.24) is 10.2 Å². The SMILES string of the molecule is Cc1ccc(CN2CCOCC2)cc1C(=O)NC1CCC1. The fraction of sp³-hybridized carbons (Fsp3) is 0.588. The van der Waals surface area contributed by atoms with Gasteiger partial charge in [-0.2, -0.15) is 0 Å².